The van der Waals surface area contributed by atoms with Crippen molar-refractivity contribution in [3.8, 4) is 11.1 Å². The Morgan fingerprint density at radius 2 is 1.83 bits per heavy atom. The molecule has 12 nitrogen and oxygen atoms in total. The van der Waals surface area contributed by atoms with E-state index in [4.69, 9.17) is 4.74 Å². The molecule has 0 saturated carbocycles. The van der Waals surface area contributed by atoms with Gasteiger partial charge in [-0.15, -0.1) is 0 Å². The quantitative estimate of drug-likeness (QED) is 0.310. The first-order chi connectivity index (χ1) is 23.4. The van der Waals surface area contributed by atoms with Crippen LogP contribution in [0, 0.1) is 5.82 Å². The number of hydrogen-bond acceptors (Lipinski definition) is 9. The minimum Gasteiger partial charge on any atom is -0.392 e. The van der Waals surface area contributed by atoms with Crippen molar-refractivity contribution in [2.75, 3.05) is 61.1 Å². The standard InChI is InChI=1S/C35H39FN8O4/c1-40-18-22(16-28(34(40)46)39-30-7-6-23(17-38-30)41-10-12-42(13-11-41)24-20-48-21-24)25-8-9-37-33(27(25)19-45)44-15-14-43-29-5-3-2-4-26(29)31(36)32(43)35(44)47/h6-9,16-18,24,45H,2-5,10-15,19-21H2,1H3,(H,38,39). The molecule has 0 spiro atoms. The summed E-state index contributed by atoms with van der Waals surface area (Å²) in [6, 6.07) is 7.89. The normalized spacial score (nSPS) is 18.4. The number of aryl methyl sites for hydroxylation is 1. The molecule has 8 rings (SSSR count). The van der Waals surface area contributed by atoms with Crippen molar-refractivity contribution in [2.45, 2.75) is 44.9 Å². The van der Waals surface area contributed by atoms with Crippen LogP contribution in [0.5, 0.6) is 0 Å². The van der Waals surface area contributed by atoms with E-state index in [-0.39, 0.29) is 17.1 Å². The summed E-state index contributed by atoms with van der Waals surface area (Å²) >= 11 is 0. The average molecular weight is 655 g/mol. The smallest absolute Gasteiger partial charge is 0.279 e. The molecule has 250 valence electrons. The highest BCUT2D eigenvalue weighted by Crippen LogP contribution is 2.36. The number of halogens is 1. The number of piperazine rings is 1. The number of amides is 1. The second-order valence-corrected chi connectivity index (χ2v) is 13.0. The molecule has 4 aliphatic rings. The van der Waals surface area contributed by atoms with Gasteiger partial charge in [0, 0.05) is 81.1 Å². The Morgan fingerprint density at radius 3 is 2.56 bits per heavy atom. The van der Waals surface area contributed by atoms with Crippen LogP contribution in [0.1, 0.15) is 40.2 Å². The number of rotatable bonds is 7. The number of hydrogen-bond donors (Lipinski definition) is 2. The summed E-state index contributed by atoms with van der Waals surface area (Å²) in [5.41, 5.74) is 4.44. The molecule has 0 atom stereocenters. The molecule has 1 amide bonds. The number of aliphatic hydroxyl groups excluding tert-OH is 1. The Kier molecular flexibility index (Phi) is 7.97. The molecule has 0 aromatic carbocycles. The second-order valence-electron chi connectivity index (χ2n) is 13.0. The summed E-state index contributed by atoms with van der Waals surface area (Å²) in [6.07, 6.45) is 8.39. The highest BCUT2D eigenvalue weighted by Gasteiger charge is 2.36. The number of ether oxygens (including phenoxy) is 1. The van der Waals surface area contributed by atoms with Crippen LogP contribution in [0.3, 0.4) is 0 Å². The lowest BCUT2D eigenvalue weighted by molar-refractivity contribution is -0.0660. The van der Waals surface area contributed by atoms with Gasteiger partial charge in [0.05, 0.1) is 37.7 Å². The number of carbonyl (C=O) groups is 1. The number of anilines is 4. The fourth-order valence-corrected chi connectivity index (χ4v) is 7.56. The van der Waals surface area contributed by atoms with Gasteiger partial charge in [0.2, 0.25) is 0 Å². The van der Waals surface area contributed by atoms with Gasteiger partial charge in [-0.05, 0) is 55.5 Å². The van der Waals surface area contributed by atoms with Crippen LogP contribution < -0.4 is 20.7 Å². The van der Waals surface area contributed by atoms with Crippen molar-refractivity contribution < 1.29 is 19.0 Å². The predicted molar refractivity (Wildman–Crippen MR) is 179 cm³/mol. The largest absolute Gasteiger partial charge is 0.392 e. The zero-order valence-corrected chi connectivity index (χ0v) is 27.0. The van der Waals surface area contributed by atoms with E-state index in [1.165, 1.54) is 9.47 Å². The Balaban J connectivity index is 1.05. The van der Waals surface area contributed by atoms with Crippen LogP contribution in [-0.4, -0.2) is 87.0 Å². The molecule has 2 N–H and O–H groups in total. The van der Waals surface area contributed by atoms with Crippen molar-refractivity contribution >= 4 is 28.9 Å². The van der Waals surface area contributed by atoms with E-state index in [9.17, 15) is 14.7 Å². The van der Waals surface area contributed by atoms with E-state index in [1.807, 2.05) is 22.9 Å². The molecule has 13 heteroatoms. The SMILES string of the molecule is Cn1cc(-c2ccnc(N3CCn4c5c(c(F)c4C3=O)CCCC5)c2CO)cc(Nc2ccc(N3CCN(C4COC4)CC3)cn2)c1=O. The molecule has 0 bridgehead atoms. The average Bonchev–Trinajstić information content (AvgIpc) is 3.38. The van der Waals surface area contributed by atoms with Crippen molar-refractivity contribution in [3.63, 3.8) is 0 Å². The minimum absolute atomic E-state index is 0.0717. The summed E-state index contributed by atoms with van der Waals surface area (Å²) in [4.78, 5) is 42.4. The molecule has 3 aliphatic heterocycles. The maximum atomic E-state index is 15.5. The first-order valence-corrected chi connectivity index (χ1v) is 16.7. The molecule has 0 radical (unpaired) electrons. The van der Waals surface area contributed by atoms with Crippen LogP contribution >= 0.6 is 0 Å². The summed E-state index contributed by atoms with van der Waals surface area (Å²) in [7, 11) is 1.66. The lowest BCUT2D eigenvalue weighted by Crippen LogP contribution is -2.56. The number of nitrogens with zero attached hydrogens (tertiary/aromatic N) is 7. The Morgan fingerprint density at radius 1 is 1.02 bits per heavy atom. The molecular formula is C35H39FN8O4. The molecule has 4 aromatic heterocycles. The lowest BCUT2D eigenvalue weighted by Gasteiger charge is -2.43. The first-order valence-electron chi connectivity index (χ1n) is 16.7. The maximum absolute atomic E-state index is 15.5. The van der Waals surface area contributed by atoms with Gasteiger partial charge in [0.15, 0.2) is 5.82 Å². The fraction of sp³-hybridized carbons (Fsp3) is 0.429. The van der Waals surface area contributed by atoms with Crippen LogP contribution in [0.2, 0.25) is 0 Å². The molecule has 48 heavy (non-hydrogen) atoms. The predicted octanol–water partition coefficient (Wildman–Crippen LogP) is 3.08. The molecule has 2 fully saturated rings. The number of aromatic nitrogens is 4. The topological polar surface area (TPSA) is 121 Å². The maximum Gasteiger partial charge on any atom is 0.279 e. The number of fused-ring (bicyclic) bond motifs is 3. The van der Waals surface area contributed by atoms with Gasteiger partial charge in [-0.1, -0.05) is 0 Å². The van der Waals surface area contributed by atoms with Crippen molar-refractivity contribution in [3.05, 3.63) is 81.5 Å². The molecular weight excluding hydrogens is 615 g/mol. The van der Waals surface area contributed by atoms with Gasteiger partial charge in [-0.3, -0.25) is 19.4 Å². The molecule has 7 heterocycles. The molecule has 1 aliphatic carbocycles. The third kappa shape index (κ3) is 5.26. The van der Waals surface area contributed by atoms with Crippen molar-refractivity contribution in [2.24, 2.45) is 7.05 Å². The third-order valence-electron chi connectivity index (χ3n) is 10.3. The van der Waals surface area contributed by atoms with Crippen molar-refractivity contribution in [1.29, 1.82) is 0 Å². The molecule has 4 aromatic rings. The number of aliphatic hydroxyl groups is 1. The second kappa shape index (κ2) is 12.5. The van der Waals surface area contributed by atoms with E-state index in [0.29, 0.717) is 59.3 Å². The summed E-state index contributed by atoms with van der Waals surface area (Å²) < 4.78 is 24.2. The third-order valence-corrected chi connectivity index (χ3v) is 10.3. The fourth-order valence-electron chi connectivity index (χ4n) is 7.56. The monoisotopic (exact) mass is 654 g/mol. The van der Waals surface area contributed by atoms with Crippen LogP contribution in [0.4, 0.5) is 27.4 Å². The zero-order chi connectivity index (χ0) is 32.9. The highest BCUT2D eigenvalue weighted by atomic mass is 19.1. The summed E-state index contributed by atoms with van der Waals surface area (Å²) in [6.45, 7) is 5.81. The van der Waals surface area contributed by atoms with E-state index in [0.717, 1.165) is 70.0 Å². The van der Waals surface area contributed by atoms with Crippen LogP contribution in [0.15, 0.2) is 47.7 Å². The van der Waals surface area contributed by atoms with Gasteiger partial charge in [-0.25, -0.2) is 14.4 Å². The van der Waals surface area contributed by atoms with E-state index < -0.39 is 18.3 Å². The van der Waals surface area contributed by atoms with Crippen molar-refractivity contribution in [1.82, 2.24) is 24.0 Å². The lowest BCUT2D eigenvalue weighted by atomic mass is 9.97. The Hall–Kier alpha value is -4.59. The van der Waals surface area contributed by atoms with Crippen LogP contribution in [0.25, 0.3) is 11.1 Å². The van der Waals surface area contributed by atoms with Gasteiger partial charge in [0.25, 0.3) is 11.5 Å². The van der Waals surface area contributed by atoms with Gasteiger partial charge in [-0.2, -0.15) is 0 Å². The first kappa shape index (κ1) is 30.7. The summed E-state index contributed by atoms with van der Waals surface area (Å²) in [5.74, 6) is -0.0757. The Labute approximate surface area is 277 Å². The highest BCUT2D eigenvalue weighted by molar-refractivity contribution is 6.06. The Bertz CT molecular complexity index is 1930. The van der Waals surface area contributed by atoms with E-state index in [1.54, 1.807) is 31.6 Å². The number of pyridine rings is 3. The zero-order valence-electron chi connectivity index (χ0n) is 27.0. The number of carbonyl (C=O) groups excluding carboxylic acids is 1. The van der Waals surface area contributed by atoms with Gasteiger partial charge in [0.1, 0.15) is 23.0 Å². The van der Waals surface area contributed by atoms with E-state index in [2.05, 4.69) is 25.1 Å². The minimum atomic E-state index is -0.459. The molecule has 2 saturated heterocycles. The van der Waals surface area contributed by atoms with E-state index >= 15 is 4.39 Å². The van der Waals surface area contributed by atoms with Gasteiger partial charge < -0.3 is 29.2 Å². The number of nitrogens with one attached hydrogen (secondary N) is 1. The molecule has 0 unspecified atom stereocenters. The summed E-state index contributed by atoms with van der Waals surface area (Å²) in [5, 5.41) is 13.8. The van der Waals surface area contributed by atoms with Crippen LogP contribution in [-0.2, 0) is 37.8 Å². The van der Waals surface area contributed by atoms with Gasteiger partial charge >= 0.3 is 0 Å².